The third kappa shape index (κ3) is 4.69. The first-order chi connectivity index (χ1) is 15.9. The summed E-state index contributed by atoms with van der Waals surface area (Å²) < 4.78 is 26.9. The minimum Gasteiger partial charge on any atom is -0.491 e. The molecule has 3 aromatic heterocycles. The Labute approximate surface area is 189 Å². The fourth-order valence-corrected chi connectivity index (χ4v) is 3.35. The van der Waals surface area contributed by atoms with E-state index in [0.717, 1.165) is 5.56 Å². The second-order valence-corrected chi connectivity index (χ2v) is 7.53. The number of rotatable bonds is 7. The zero-order valence-corrected chi connectivity index (χ0v) is 18.4. The number of fused-ring (bicyclic) bond motifs is 1. The van der Waals surface area contributed by atoms with Crippen molar-refractivity contribution in [3.05, 3.63) is 65.7 Å². The number of pyridine rings is 2. The molecule has 0 bridgehead atoms. The lowest BCUT2D eigenvalue weighted by molar-refractivity contribution is 0.0946. The summed E-state index contributed by atoms with van der Waals surface area (Å²) in [6.45, 7) is 3.63. The maximum Gasteiger partial charge on any atom is 0.257 e. The van der Waals surface area contributed by atoms with E-state index >= 15 is 0 Å². The van der Waals surface area contributed by atoms with E-state index in [9.17, 15) is 9.18 Å². The Bertz CT molecular complexity index is 1320. The zero-order valence-electron chi connectivity index (χ0n) is 18.4. The van der Waals surface area contributed by atoms with Crippen molar-refractivity contribution in [1.29, 1.82) is 0 Å². The largest absolute Gasteiger partial charge is 0.491 e. The van der Waals surface area contributed by atoms with Crippen LogP contribution in [0.15, 0.2) is 48.8 Å². The Hall–Kier alpha value is -4.21. The monoisotopic (exact) mass is 450 g/mol. The van der Waals surface area contributed by atoms with Crippen LogP contribution in [-0.2, 0) is 6.54 Å². The predicted molar refractivity (Wildman–Crippen MR) is 121 cm³/mol. The molecule has 0 aliphatic rings. The van der Waals surface area contributed by atoms with E-state index in [1.54, 1.807) is 47.2 Å². The summed E-state index contributed by atoms with van der Waals surface area (Å²) in [5.41, 5.74) is 8.11. The van der Waals surface area contributed by atoms with Crippen molar-refractivity contribution in [2.24, 2.45) is 0 Å². The van der Waals surface area contributed by atoms with Gasteiger partial charge in [0, 0.05) is 30.1 Å². The van der Waals surface area contributed by atoms with E-state index < -0.39 is 11.7 Å². The lowest BCUT2D eigenvalue weighted by Gasteiger charge is -2.16. The highest BCUT2D eigenvalue weighted by Crippen LogP contribution is 2.26. The molecule has 170 valence electrons. The van der Waals surface area contributed by atoms with Crippen LogP contribution in [0.25, 0.3) is 16.8 Å². The number of carbonyl (C=O) groups is 1. The average Bonchev–Trinajstić information content (AvgIpc) is 3.17. The number of methoxy groups -OCH3 is 1. The van der Waals surface area contributed by atoms with Crippen LogP contribution >= 0.6 is 0 Å². The number of carbonyl (C=O) groups excluding carboxylic acids is 1. The van der Waals surface area contributed by atoms with Crippen LogP contribution in [0.1, 0.15) is 29.8 Å². The molecular weight excluding hydrogens is 427 g/mol. The molecule has 10 heteroatoms. The van der Waals surface area contributed by atoms with Crippen LogP contribution in [0.3, 0.4) is 0 Å². The minimum atomic E-state index is -0.465. The van der Waals surface area contributed by atoms with Gasteiger partial charge in [-0.1, -0.05) is 6.07 Å². The number of hydrogen-bond acceptors (Lipinski definition) is 7. The molecule has 1 aromatic carbocycles. The van der Waals surface area contributed by atoms with Crippen molar-refractivity contribution in [2.45, 2.75) is 26.5 Å². The standard InChI is InChI=1S/C23H23FN6O3/c1-13(2)33-19-6-4-5-18(24)17(19)12-26-21(31)16-9-15(11-27-22(16)32-3)14-7-8-30-20(10-14)28-23(25)29-30/h4-11,13H,12H2,1-3H3,(H2,25,29)(H,26,31). The van der Waals surface area contributed by atoms with E-state index in [4.69, 9.17) is 15.2 Å². The van der Waals surface area contributed by atoms with E-state index in [2.05, 4.69) is 20.4 Å². The maximum absolute atomic E-state index is 14.4. The molecule has 4 aromatic rings. The molecule has 0 saturated carbocycles. The topological polar surface area (TPSA) is 117 Å². The van der Waals surface area contributed by atoms with E-state index in [-0.39, 0.29) is 35.6 Å². The van der Waals surface area contributed by atoms with Gasteiger partial charge in [0.25, 0.3) is 5.91 Å². The molecule has 9 nitrogen and oxygen atoms in total. The quantitative estimate of drug-likeness (QED) is 0.444. The fourth-order valence-electron chi connectivity index (χ4n) is 3.35. The molecule has 0 atom stereocenters. The molecule has 4 rings (SSSR count). The summed E-state index contributed by atoms with van der Waals surface area (Å²) in [6, 6.07) is 9.80. The number of nitrogen functional groups attached to an aromatic ring is 1. The second-order valence-electron chi connectivity index (χ2n) is 7.53. The van der Waals surface area contributed by atoms with Gasteiger partial charge in [0.05, 0.1) is 13.2 Å². The normalized spacial score (nSPS) is 11.1. The van der Waals surface area contributed by atoms with Crippen molar-refractivity contribution in [1.82, 2.24) is 24.9 Å². The molecule has 3 heterocycles. The minimum absolute atomic E-state index is 0.0636. The van der Waals surface area contributed by atoms with Gasteiger partial charge < -0.3 is 20.5 Å². The molecule has 1 amide bonds. The molecule has 0 aliphatic heterocycles. The third-order valence-corrected chi connectivity index (χ3v) is 4.84. The lowest BCUT2D eigenvalue weighted by atomic mass is 10.1. The molecule has 33 heavy (non-hydrogen) atoms. The molecule has 0 spiro atoms. The second kappa shape index (κ2) is 9.11. The van der Waals surface area contributed by atoms with E-state index in [1.807, 2.05) is 13.8 Å². The smallest absolute Gasteiger partial charge is 0.257 e. The summed E-state index contributed by atoms with van der Waals surface area (Å²) >= 11 is 0. The Balaban J connectivity index is 1.61. The highest BCUT2D eigenvalue weighted by atomic mass is 19.1. The average molecular weight is 450 g/mol. The number of amides is 1. The van der Waals surface area contributed by atoms with Gasteiger partial charge >= 0.3 is 0 Å². The number of anilines is 1. The van der Waals surface area contributed by atoms with Crippen LogP contribution in [0.4, 0.5) is 10.3 Å². The lowest BCUT2D eigenvalue weighted by Crippen LogP contribution is -2.25. The van der Waals surface area contributed by atoms with Crippen molar-refractivity contribution >= 4 is 17.5 Å². The highest BCUT2D eigenvalue weighted by molar-refractivity contribution is 5.97. The Morgan fingerprint density at radius 1 is 1.24 bits per heavy atom. The van der Waals surface area contributed by atoms with Crippen LogP contribution in [0.2, 0.25) is 0 Å². The van der Waals surface area contributed by atoms with Gasteiger partial charge in [0.2, 0.25) is 11.8 Å². The number of nitrogens with two attached hydrogens (primary N) is 1. The van der Waals surface area contributed by atoms with Gasteiger partial charge in [-0.3, -0.25) is 4.79 Å². The SMILES string of the molecule is COc1ncc(-c2ccn3nc(N)nc3c2)cc1C(=O)NCc1c(F)cccc1OC(C)C. The van der Waals surface area contributed by atoms with Gasteiger partial charge in [-0.25, -0.2) is 13.9 Å². The third-order valence-electron chi connectivity index (χ3n) is 4.84. The highest BCUT2D eigenvalue weighted by Gasteiger charge is 2.18. The summed E-state index contributed by atoms with van der Waals surface area (Å²) in [6.07, 6.45) is 3.17. The molecule has 3 N–H and O–H groups in total. The number of nitrogens with one attached hydrogen (secondary N) is 1. The number of aromatic nitrogens is 4. The summed E-state index contributed by atoms with van der Waals surface area (Å²) in [5.74, 6) is -0.240. The first kappa shape index (κ1) is 22.0. The van der Waals surface area contributed by atoms with Gasteiger partial charge in [0.1, 0.15) is 17.1 Å². The Morgan fingerprint density at radius 3 is 2.82 bits per heavy atom. The number of halogens is 1. The molecular formula is C23H23FN6O3. The van der Waals surface area contributed by atoms with Crippen LogP contribution in [0.5, 0.6) is 11.6 Å². The van der Waals surface area contributed by atoms with Crippen LogP contribution in [0, 0.1) is 5.82 Å². The van der Waals surface area contributed by atoms with Crippen molar-refractivity contribution < 1.29 is 18.7 Å². The Morgan fingerprint density at radius 2 is 2.06 bits per heavy atom. The van der Waals surface area contributed by atoms with Crippen molar-refractivity contribution in [3.63, 3.8) is 0 Å². The molecule has 0 fully saturated rings. The fraction of sp³-hybridized carbons (Fsp3) is 0.217. The molecule has 0 saturated heterocycles. The maximum atomic E-state index is 14.4. The van der Waals surface area contributed by atoms with Gasteiger partial charge in [-0.15, -0.1) is 5.10 Å². The molecule has 0 radical (unpaired) electrons. The summed E-state index contributed by atoms with van der Waals surface area (Å²) in [7, 11) is 1.43. The van der Waals surface area contributed by atoms with E-state index in [0.29, 0.717) is 17.0 Å². The summed E-state index contributed by atoms with van der Waals surface area (Å²) in [4.78, 5) is 21.4. The summed E-state index contributed by atoms with van der Waals surface area (Å²) in [5, 5.41) is 6.78. The van der Waals surface area contributed by atoms with Crippen LogP contribution < -0.4 is 20.5 Å². The number of ether oxygens (including phenoxy) is 2. The van der Waals surface area contributed by atoms with Crippen LogP contribution in [-0.4, -0.2) is 38.7 Å². The first-order valence-electron chi connectivity index (χ1n) is 10.2. The number of hydrogen-bond donors (Lipinski definition) is 2. The first-order valence-corrected chi connectivity index (χ1v) is 10.2. The van der Waals surface area contributed by atoms with Crippen molar-refractivity contribution in [2.75, 3.05) is 12.8 Å². The number of benzene rings is 1. The number of nitrogens with zero attached hydrogens (tertiary/aromatic N) is 4. The van der Waals surface area contributed by atoms with Gasteiger partial charge in [-0.2, -0.15) is 4.98 Å². The van der Waals surface area contributed by atoms with Gasteiger partial charge in [0.15, 0.2) is 5.65 Å². The molecule has 0 unspecified atom stereocenters. The van der Waals surface area contributed by atoms with E-state index in [1.165, 1.54) is 13.2 Å². The van der Waals surface area contributed by atoms with Gasteiger partial charge in [-0.05, 0) is 49.7 Å². The molecule has 0 aliphatic carbocycles. The zero-order chi connectivity index (χ0) is 23.5. The predicted octanol–water partition coefficient (Wildman–Crippen LogP) is 3.24. The van der Waals surface area contributed by atoms with Crippen molar-refractivity contribution in [3.8, 4) is 22.8 Å². The Kier molecular flexibility index (Phi) is 6.07.